The van der Waals surface area contributed by atoms with Crippen molar-refractivity contribution in [2.45, 2.75) is 0 Å². The van der Waals surface area contributed by atoms with E-state index in [9.17, 15) is 4.79 Å². The van der Waals surface area contributed by atoms with Gasteiger partial charge in [0.2, 0.25) is 0 Å². The van der Waals surface area contributed by atoms with Crippen LogP contribution in [0.15, 0.2) is 61.2 Å². The van der Waals surface area contributed by atoms with Crippen molar-refractivity contribution in [1.29, 1.82) is 0 Å². The first-order chi connectivity index (χ1) is 11.8. The van der Waals surface area contributed by atoms with Gasteiger partial charge in [-0.2, -0.15) is 0 Å². The number of carbonyl (C=O) groups is 1. The van der Waals surface area contributed by atoms with E-state index in [1.807, 2.05) is 22.9 Å². The normalized spacial score (nSPS) is 12.7. The number of nitrogens with one attached hydrogen (secondary N) is 1. The predicted octanol–water partition coefficient (Wildman–Crippen LogP) is 2.90. The summed E-state index contributed by atoms with van der Waals surface area (Å²) in [4.78, 5) is 16.4. The summed E-state index contributed by atoms with van der Waals surface area (Å²) in [5.74, 6) is 1.17. The fourth-order valence-corrected chi connectivity index (χ4v) is 2.52. The van der Waals surface area contributed by atoms with Crippen molar-refractivity contribution in [2.24, 2.45) is 0 Å². The second-order valence-corrected chi connectivity index (χ2v) is 5.33. The van der Waals surface area contributed by atoms with Gasteiger partial charge in [0.1, 0.15) is 13.2 Å². The number of carbonyl (C=O) groups excluding carboxylic acids is 1. The summed E-state index contributed by atoms with van der Waals surface area (Å²) in [5.41, 5.74) is 2.19. The lowest BCUT2D eigenvalue weighted by atomic mass is 10.2. The molecule has 0 saturated carbocycles. The van der Waals surface area contributed by atoms with E-state index in [-0.39, 0.29) is 5.91 Å². The van der Waals surface area contributed by atoms with Gasteiger partial charge in [-0.1, -0.05) is 0 Å². The van der Waals surface area contributed by atoms with Crippen molar-refractivity contribution in [3.63, 3.8) is 0 Å². The van der Waals surface area contributed by atoms with E-state index in [1.54, 1.807) is 42.9 Å². The van der Waals surface area contributed by atoms with E-state index in [0.29, 0.717) is 36.0 Å². The van der Waals surface area contributed by atoms with Crippen LogP contribution in [0.4, 0.5) is 5.69 Å². The Morgan fingerprint density at radius 3 is 2.58 bits per heavy atom. The smallest absolute Gasteiger partial charge is 0.255 e. The minimum atomic E-state index is -0.177. The molecule has 1 N–H and O–H groups in total. The van der Waals surface area contributed by atoms with E-state index in [0.717, 1.165) is 5.69 Å². The van der Waals surface area contributed by atoms with E-state index < -0.39 is 0 Å². The number of benzene rings is 2. The van der Waals surface area contributed by atoms with Crippen molar-refractivity contribution in [1.82, 2.24) is 9.55 Å². The number of ether oxygens (including phenoxy) is 2. The lowest BCUT2D eigenvalue weighted by Gasteiger charge is -2.19. The molecule has 0 radical (unpaired) electrons. The molecule has 1 aromatic heterocycles. The first-order valence-corrected chi connectivity index (χ1v) is 7.59. The Balaban J connectivity index is 1.50. The van der Waals surface area contributed by atoms with Crippen LogP contribution in [-0.2, 0) is 0 Å². The Morgan fingerprint density at radius 1 is 1.04 bits per heavy atom. The summed E-state index contributed by atoms with van der Waals surface area (Å²) in [6.07, 6.45) is 5.27. The quantitative estimate of drug-likeness (QED) is 0.805. The van der Waals surface area contributed by atoms with Crippen LogP contribution in [0.2, 0.25) is 0 Å². The van der Waals surface area contributed by atoms with Gasteiger partial charge in [0, 0.05) is 35.4 Å². The fourth-order valence-electron chi connectivity index (χ4n) is 2.52. The number of hydrogen-bond donors (Lipinski definition) is 1. The van der Waals surface area contributed by atoms with Crippen LogP contribution in [0, 0.1) is 0 Å². The molecular formula is C18H15N3O3. The maximum Gasteiger partial charge on any atom is 0.255 e. The van der Waals surface area contributed by atoms with Crippen molar-refractivity contribution in [3.05, 3.63) is 66.7 Å². The maximum absolute atomic E-state index is 12.4. The molecule has 1 amide bonds. The highest BCUT2D eigenvalue weighted by Gasteiger charge is 2.13. The lowest BCUT2D eigenvalue weighted by Crippen LogP contribution is -2.16. The van der Waals surface area contributed by atoms with Crippen LogP contribution < -0.4 is 14.8 Å². The molecule has 0 atom stereocenters. The molecule has 6 nitrogen and oxygen atoms in total. The number of fused-ring (bicyclic) bond motifs is 1. The molecule has 0 spiro atoms. The SMILES string of the molecule is O=C(Nc1ccc2c(c1)OCCO2)c1ccc(-n2ccnc2)cc1. The Labute approximate surface area is 138 Å². The van der Waals surface area contributed by atoms with Crippen molar-refractivity contribution in [3.8, 4) is 17.2 Å². The summed E-state index contributed by atoms with van der Waals surface area (Å²) in [6, 6.07) is 12.7. The first-order valence-electron chi connectivity index (χ1n) is 7.59. The summed E-state index contributed by atoms with van der Waals surface area (Å²) in [7, 11) is 0. The zero-order valence-electron chi connectivity index (χ0n) is 12.8. The van der Waals surface area contributed by atoms with E-state index in [4.69, 9.17) is 9.47 Å². The molecule has 0 unspecified atom stereocenters. The van der Waals surface area contributed by atoms with Gasteiger partial charge in [-0.25, -0.2) is 4.98 Å². The monoisotopic (exact) mass is 321 g/mol. The van der Waals surface area contributed by atoms with E-state index in [2.05, 4.69) is 10.3 Å². The molecule has 24 heavy (non-hydrogen) atoms. The molecule has 120 valence electrons. The van der Waals surface area contributed by atoms with Gasteiger partial charge >= 0.3 is 0 Å². The summed E-state index contributed by atoms with van der Waals surface area (Å²) in [6.45, 7) is 1.06. The van der Waals surface area contributed by atoms with Crippen molar-refractivity contribution >= 4 is 11.6 Å². The predicted molar refractivity (Wildman–Crippen MR) is 88.9 cm³/mol. The minimum absolute atomic E-state index is 0.177. The second kappa shape index (κ2) is 6.08. The third-order valence-corrected chi connectivity index (χ3v) is 3.73. The van der Waals surface area contributed by atoms with Crippen LogP contribution in [0.3, 0.4) is 0 Å². The average Bonchev–Trinajstić information content (AvgIpc) is 3.16. The van der Waals surface area contributed by atoms with Crippen LogP contribution in [0.5, 0.6) is 11.5 Å². The highest BCUT2D eigenvalue weighted by atomic mass is 16.6. The number of aromatic nitrogens is 2. The van der Waals surface area contributed by atoms with Gasteiger partial charge in [-0.05, 0) is 36.4 Å². The maximum atomic E-state index is 12.4. The number of imidazole rings is 1. The Bertz CT molecular complexity index is 858. The molecule has 0 aliphatic carbocycles. The molecule has 0 fully saturated rings. The molecule has 0 bridgehead atoms. The third-order valence-electron chi connectivity index (χ3n) is 3.73. The number of hydrogen-bond acceptors (Lipinski definition) is 4. The average molecular weight is 321 g/mol. The zero-order chi connectivity index (χ0) is 16.4. The topological polar surface area (TPSA) is 65.4 Å². The van der Waals surface area contributed by atoms with E-state index >= 15 is 0 Å². The number of amides is 1. The molecule has 2 heterocycles. The summed E-state index contributed by atoms with van der Waals surface area (Å²) >= 11 is 0. The van der Waals surface area contributed by atoms with Gasteiger partial charge in [0.05, 0.1) is 6.33 Å². The standard InChI is InChI=1S/C18H15N3O3/c22-18(13-1-4-15(5-2-13)21-8-7-19-12-21)20-14-3-6-16-17(11-14)24-10-9-23-16/h1-8,11-12H,9-10H2,(H,20,22). The van der Waals surface area contributed by atoms with Gasteiger partial charge in [0.15, 0.2) is 11.5 Å². The van der Waals surface area contributed by atoms with Crippen molar-refractivity contribution in [2.75, 3.05) is 18.5 Å². The number of rotatable bonds is 3. The summed E-state index contributed by atoms with van der Waals surface area (Å²) in [5, 5.41) is 2.87. The molecule has 6 heteroatoms. The molecule has 0 saturated heterocycles. The molecule has 1 aliphatic heterocycles. The number of anilines is 1. The summed E-state index contributed by atoms with van der Waals surface area (Å²) < 4.78 is 12.9. The zero-order valence-corrected chi connectivity index (χ0v) is 12.8. The second-order valence-electron chi connectivity index (χ2n) is 5.33. The molecule has 1 aliphatic rings. The van der Waals surface area contributed by atoms with Gasteiger partial charge in [-0.15, -0.1) is 0 Å². The highest BCUT2D eigenvalue weighted by Crippen LogP contribution is 2.32. The Hall–Kier alpha value is -3.28. The minimum Gasteiger partial charge on any atom is -0.486 e. The van der Waals surface area contributed by atoms with Crippen LogP contribution in [-0.4, -0.2) is 28.7 Å². The Morgan fingerprint density at radius 2 is 1.83 bits per heavy atom. The van der Waals surface area contributed by atoms with E-state index in [1.165, 1.54) is 0 Å². The molecule has 4 rings (SSSR count). The van der Waals surface area contributed by atoms with Gasteiger partial charge in [0.25, 0.3) is 5.91 Å². The first kappa shape index (κ1) is 14.3. The Kier molecular flexibility index (Phi) is 3.63. The molecule has 2 aromatic carbocycles. The van der Waals surface area contributed by atoms with Crippen LogP contribution >= 0.6 is 0 Å². The fraction of sp³-hybridized carbons (Fsp3) is 0.111. The number of nitrogens with zero attached hydrogens (tertiary/aromatic N) is 2. The lowest BCUT2D eigenvalue weighted by molar-refractivity contribution is 0.102. The highest BCUT2D eigenvalue weighted by molar-refractivity contribution is 6.04. The molecular weight excluding hydrogens is 306 g/mol. The van der Waals surface area contributed by atoms with Gasteiger partial charge < -0.3 is 19.4 Å². The van der Waals surface area contributed by atoms with Crippen LogP contribution in [0.25, 0.3) is 5.69 Å². The third kappa shape index (κ3) is 2.81. The molecule has 3 aromatic rings. The van der Waals surface area contributed by atoms with Gasteiger partial charge in [-0.3, -0.25) is 4.79 Å². The van der Waals surface area contributed by atoms with Crippen molar-refractivity contribution < 1.29 is 14.3 Å². The largest absolute Gasteiger partial charge is 0.486 e. The van der Waals surface area contributed by atoms with Crippen LogP contribution in [0.1, 0.15) is 10.4 Å².